The van der Waals surface area contributed by atoms with E-state index in [0.29, 0.717) is 25.0 Å². The number of aryl methyl sites for hydroxylation is 1. The number of rotatable bonds is 6. The standard InChI is InChI=1S/C25H25FN4O3.C2HF3O2/c1-17-15-29(16-27-17)22-12-6-18(14-23(22)33-2)7-13-24(31)28-30-21(4-3-5-25(30)32)19-8-10-20(26)11-9-19;3-2(4,5)1(6)7/h6-16,21H,3-5H2,1-2H3,(H,28,31);(H,6,7). The van der Waals surface area contributed by atoms with Crippen LogP contribution in [0.1, 0.15) is 42.1 Å². The number of nitrogens with zero attached hydrogens (tertiary/aromatic N) is 3. The van der Waals surface area contributed by atoms with Gasteiger partial charge >= 0.3 is 12.1 Å². The van der Waals surface area contributed by atoms with Crippen LogP contribution < -0.4 is 10.2 Å². The van der Waals surface area contributed by atoms with Crippen molar-refractivity contribution in [3.05, 3.63) is 83.7 Å². The van der Waals surface area contributed by atoms with Gasteiger partial charge in [-0.2, -0.15) is 13.2 Å². The molecule has 0 aliphatic carbocycles. The largest absolute Gasteiger partial charge is 0.495 e. The van der Waals surface area contributed by atoms with E-state index in [1.807, 2.05) is 35.9 Å². The van der Waals surface area contributed by atoms with Crippen molar-refractivity contribution >= 4 is 23.9 Å². The monoisotopic (exact) mass is 562 g/mol. The van der Waals surface area contributed by atoms with Crippen LogP contribution in [0.25, 0.3) is 11.8 Å². The summed E-state index contributed by atoms with van der Waals surface area (Å²) in [6, 6.07) is 11.2. The minimum atomic E-state index is -5.08. The van der Waals surface area contributed by atoms with E-state index >= 15 is 0 Å². The maximum Gasteiger partial charge on any atom is 0.490 e. The highest BCUT2D eigenvalue weighted by molar-refractivity contribution is 5.93. The summed E-state index contributed by atoms with van der Waals surface area (Å²) in [7, 11) is 1.58. The van der Waals surface area contributed by atoms with E-state index in [4.69, 9.17) is 14.6 Å². The van der Waals surface area contributed by atoms with Gasteiger partial charge in [0.2, 0.25) is 5.91 Å². The number of alkyl halides is 3. The molecule has 1 aliphatic heterocycles. The van der Waals surface area contributed by atoms with Crippen LogP contribution in [-0.2, 0) is 14.4 Å². The predicted octanol–water partition coefficient (Wildman–Crippen LogP) is 4.76. The van der Waals surface area contributed by atoms with E-state index in [9.17, 15) is 27.2 Å². The molecule has 1 aliphatic rings. The number of benzene rings is 2. The second-order valence-electron chi connectivity index (χ2n) is 8.69. The Balaban J connectivity index is 0.000000559. The van der Waals surface area contributed by atoms with Gasteiger partial charge in [0.05, 0.1) is 30.9 Å². The molecule has 13 heteroatoms. The number of aliphatic carboxylic acids is 1. The van der Waals surface area contributed by atoms with Gasteiger partial charge in [-0.1, -0.05) is 18.2 Å². The van der Waals surface area contributed by atoms with E-state index in [-0.39, 0.29) is 17.8 Å². The molecule has 1 saturated heterocycles. The Morgan fingerprint density at radius 1 is 1.18 bits per heavy atom. The summed E-state index contributed by atoms with van der Waals surface area (Å²) in [5.74, 6) is -3.06. The van der Waals surface area contributed by atoms with Crippen molar-refractivity contribution in [2.24, 2.45) is 0 Å². The van der Waals surface area contributed by atoms with Gasteiger partial charge in [-0.25, -0.2) is 19.2 Å². The van der Waals surface area contributed by atoms with Crippen molar-refractivity contribution in [3.8, 4) is 11.4 Å². The summed E-state index contributed by atoms with van der Waals surface area (Å²) in [6.45, 7) is 1.91. The Morgan fingerprint density at radius 3 is 2.42 bits per heavy atom. The van der Waals surface area contributed by atoms with Crippen molar-refractivity contribution in [2.45, 2.75) is 38.4 Å². The average Bonchev–Trinajstić information content (AvgIpc) is 3.34. The van der Waals surface area contributed by atoms with Gasteiger partial charge in [0.15, 0.2) is 0 Å². The van der Waals surface area contributed by atoms with Crippen LogP contribution in [-0.4, -0.2) is 50.7 Å². The summed E-state index contributed by atoms with van der Waals surface area (Å²) >= 11 is 0. The number of hydrazine groups is 1. The number of piperidine rings is 1. The molecule has 1 atom stereocenters. The van der Waals surface area contributed by atoms with Crippen LogP contribution in [0.5, 0.6) is 5.75 Å². The number of amides is 2. The molecule has 0 bridgehead atoms. The van der Waals surface area contributed by atoms with Crippen LogP contribution in [0, 0.1) is 12.7 Å². The average molecular weight is 563 g/mol. The second kappa shape index (κ2) is 12.9. The van der Waals surface area contributed by atoms with Crippen LogP contribution in [0.4, 0.5) is 17.6 Å². The molecular formula is C27H26F4N4O5. The first kappa shape index (κ1) is 29.9. The maximum atomic E-state index is 13.3. The fraction of sp³-hybridized carbons (Fsp3) is 0.259. The summed E-state index contributed by atoms with van der Waals surface area (Å²) in [6.07, 6.45) is 3.31. The van der Waals surface area contributed by atoms with Gasteiger partial charge in [0.1, 0.15) is 11.6 Å². The second-order valence-corrected chi connectivity index (χ2v) is 8.69. The van der Waals surface area contributed by atoms with Gasteiger partial charge in [-0.15, -0.1) is 0 Å². The lowest BCUT2D eigenvalue weighted by molar-refractivity contribution is -0.192. The third-order valence-corrected chi connectivity index (χ3v) is 5.80. The highest BCUT2D eigenvalue weighted by atomic mass is 19.4. The molecule has 40 heavy (non-hydrogen) atoms. The number of nitrogens with one attached hydrogen (secondary N) is 1. The van der Waals surface area contributed by atoms with Crippen molar-refractivity contribution in [2.75, 3.05) is 7.11 Å². The molecule has 2 aromatic carbocycles. The number of carbonyl (C=O) groups excluding carboxylic acids is 2. The van der Waals surface area contributed by atoms with Crippen LogP contribution in [0.3, 0.4) is 0 Å². The zero-order valence-electron chi connectivity index (χ0n) is 21.5. The molecule has 1 unspecified atom stereocenters. The first-order valence-corrected chi connectivity index (χ1v) is 11.9. The predicted molar refractivity (Wildman–Crippen MR) is 136 cm³/mol. The number of methoxy groups -OCH3 is 1. The number of carboxylic acids is 1. The molecule has 9 nitrogen and oxygen atoms in total. The third-order valence-electron chi connectivity index (χ3n) is 5.80. The van der Waals surface area contributed by atoms with Crippen molar-refractivity contribution in [1.82, 2.24) is 20.0 Å². The molecular weight excluding hydrogens is 536 g/mol. The van der Waals surface area contributed by atoms with Crippen molar-refractivity contribution in [3.63, 3.8) is 0 Å². The van der Waals surface area contributed by atoms with E-state index in [1.165, 1.54) is 23.2 Å². The zero-order chi connectivity index (χ0) is 29.4. The molecule has 2 amide bonds. The maximum absolute atomic E-state index is 13.3. The number of hydrogen-bond donors (Lipinski definition) is 2. The Morgan fingerprint density at radius 2 is 1.85 bits per heavy atom. The summed E-state index contributed by atoms with van der Waals surface area (Å²) < 4.78 is 52.4. The molecule has 4 rings (SSSR count). The zero-order valence-corrected chi connectivity index (χ0v) is 21.5. The van der Waals surface area contributed by atoms with Crippen molar-refractivity contribution < 1.29 is 41.8 Å². The lowest BCUT2D eigenvalue weighted by Gasteiger charge is -2.35. The number of ether oxygens (including phenoxy) is 1. The van der Waals surface area contributed by atoms with Gasteiger partial charge in [-0.3, -0.25) is 15.0 Å². The summed E-state index contributed by atoms with van der Waals surface area (Å²) in [4.78, 5) is 38.2. The first-order valence-electron chi connectivity index (χ1n) is 11.9. The van der Waals surface area contributed by atoms with Crippen LogP contribution in [0.2, 0.25) is 0 Å². The fourth-order valence-corrected chi connectivity index (χ4v) is 3.90. The molecule has 3 aromatic rings. The minimum Gasteiger partial charge on any atom is -0.495 e. The van der Waals surface area contributed by atoms with Crippen LogP contribution in [0.15, 0.2) is 61.1 Å². The Bertz CT molecular complexity index is 1390. The topological polar surface area (TPSA) is 114 Å². The summed E-state index contributed by atoms with van der Waals surface area (Å²) in [5.41, 5.74) is 5.97. The fourth-order valence-electron chi connectivity index (χ4n) is 3.90. The van der Waals surface area contributed by atoms with E-state index in [2.05, 4.69) is 10.4 Å². The molecule has 1 fully saturated rings. The summed E-state index contributed by atoms with van der Waals surface area (Å²) in [5, 5.41) is 8.48. The molecule has 0 spiro atoms. The van der Waals surface area contributed by atoms with Gasteiger partial charge in [-0.05, 0) is 61.2 Å². The van der Waals surface area contributed by atoms with Crippen LogP contribution >= 0.6 is 0 Å². The molecule has 0 saturated carbocycles. The molecule has 0 radical (unpaired) electrons. The Hall–Kier alpha value is -4.68. The molecule has 2 N–H and O–H groups in total. The van der Waals surface area contributed by atoms with E-state index < -0.39 is 18.1 Å². The SMILES string of the molecule is COc1cc(C=CC(=O)NN2C(=O)CCCC2c2ccc(F)cc2)ccc1-n1cnc(C)c1.O=C(O)C(F)(F)F. The lowest BCUT2D eigenvalue weighted by atomic mass is 9.96. The minimum absolute atomic E-state index is 0.168. The smallest absolute Gasteiger partial charge is 0.490 e. The Kier molecular flexibility index (Phi) is 9.64. The number of carboxylic acid groups (broad SMARTS) is 1. The number of aromatic nitrogens is 2. The highest BCUT2D eigenvalue weighted by Crippen LogP contribution is 2.30. The van der Waals surface area contributed by atoms with E-state index in [1.54, 1.807) is 31.6 Å². The Labute approximate surface area is 226 Å². The van der Waals surface area contributed by atoms with E-state index in [0.717, 1.165) is 22.5 Å². The van der Waals surface area contributed by atoms with Gasteiger partial charge in [0.25, 0.3) is 5.91 Å². The molecule has 2 heterocycles. The third kappa shape index (κ3) is 7.91. The lowest BCUT2D eigenvalue weighted by Crippen LogP contribution is -2.49. The number of imidazole rings is 1. The van der Waals surface area contributed by atoms with Crippen molar-refractivity contribution in [1.29, 1.82) is 0 Å². The highest BCUT2D eigenvalue weighted by Gasteiger charge is 2.38. The van der Waals surface area contributed by atoms with Gasteiger partial charge in [0, 0.05) is 18.7 Å². The number of hydrogen-bond acceptors (Lipinski definition) is 5. The molecule has 1 aromatic heterocycles. The van der Waals surface area contributed by atoms with Gasteiger partial charge < -0.3 is 14.4 Å². The number of carbonyl (C=O) groups is 3. The normalized spacial score (nSPS) is 15.4. The quantitative estimate of drug-likeness (QED) is 0.331. The number of halogens is 4. The first-order chi connectivity index (χ1) is 18.9. The molecule has 212 valence electrons.